The number of benzene rings is 3. The van der Waals surface area contributed by atoms with Crippen LogP contribution in [0, 0.1) is 0 Å². The van der Waals surface area contributed by atoms with Crippen molar-refractivity contribution in [2.45, 2.75) is 50.6 Å². The third-order valence-electron chi connectivity index (χ3n) is 7.83. The molecule has 0 aliphatic heterocycles. The maximum absolute atomic E-state index is 11.5. The average molecular weight is 631 g/mol. The molecule has 3 rings (SSSR count). The molecule has 3 aromatic carbocycles. The normalized spacial score (nSPS) is 13.5. The van der Waals surface area contributed by atoms with Crippen LogP contribution >= 0.6 is 0 Å². The summed E-state index contributed by atoms with van der Waals surface area (Å²) in [6.07, 6.45) is 0.517. The van der Waals surface area contributed by atoms with E-state index in [-0.39, 0.29) is 31.5 Å². The molecule has 3 aromatic rings. The van der Waals surface area contributed by atoms with Crippen LogP contribution in [-0.2, 0) is 33.8 Å². The lowest BCUT2D eigenvalue weighted by atomic mass is 9.80. The van der Waals surface area contributed by atoms with Crippen molar-refractivity contribution in [2.75, 3.05) is 46.9 Å². The van der Waals surface area contributed by atoms with Gasteiger partial charge in [0.15, 0.2) is 8.32 Å². The summed E-state index contributed by atoms with van der Waals surface area (Å²) in [6.45, 7) is 11.3. The van der Waals surface area contributed by atoms with Crippen molar-refractivity contribution >= 4 is 18.4 Å². The Balaban J connectivity index is 2.05. The highest BCUT2D eigenvalue weighted by atomic mass is 32.2. The van der Waals surface area contributed by atoms with Gasteiger partial charge in [0.2, 0.25) is 0 Å². The second kappa shape index (κ2) is 14.8. The van der Waals surface area contributed by atoms with Gasteiger partial charge in [-0.05, 0) is 59.1 Å². The first-order valence-corrected chi connectivity index (χ1v) is 19.0. The number of methoxy groups -OCH3 is 2. The van der Waals surface area contributed by atoms with Gasteiger partial charge in [-0.15, -0.1) is 0 Å². The molecule has 0 unspecified atom stereocenters. The first kappa shape index (κ1) is 34.8. The van der Waals surface area contributed by atoms with Crippen LogP contribution in [0.1, 0.15) is 37.5 Å². The van der Waals surface area contributed by atoms with Crippen LogP contribution in [0.4, 0.5) is 0 Å². The van der Waals surface area contributed by atoms with Gasteiger partial charge < -0.3 is 23.4 Å². The number of hydrogen-bond donors (Lipinski definition) is 0. The van der Waals surface area contributed by atoms with Gasteiger partial charge >= 0.3 is 0 Å². The fraction of sp³-hybridized carbons (Fsp3) is 0.455. The minimum atomic E-state index is -3.59. The van der Waals surface area contributed by atoms with Crippen LogP contribution < -0.4 is 9.47 Å². The third kappa shape index (κ3) is 9.38. The summed E-state index contributed by atoms with van der Waals surface area (Å²) in [5, 5.41) is -0.00219. The van der Waals surface area contributed by atoms with Crippen molar-refractivity contribution in [2.24, 2.45) is 0 Å². The van der Waals surface area contributed by atoms with E-state index < -0.39 is 30.1 Å². The molecular formula is C33H46O8SSi. The van der Waals surface area contributed by atoms with Crippen LogP contribution in [-0.4, -0.2) is 69.7 Å². The quantitative estimate of drug-likeness (QED) is 0.0778. The maximum Gasteiger partial charge on any atom is 0.264 e. The zero-order valence-corrected chi connectivity index (χ0v) is 28.4. The summed E-state index contributed by atoms with van der Waals surface area (Å²) < 4.78 is 58.6. The highest BCUT2D eigenvalue weighted by molar-refractivity contribution is 7.85. The van der Waals surface area contributed by atoms with Gasteiger partial charge in [-0.2, -0.15) is 8.42 Å². The zero-order chi connectivity index (χ0) is 31.7. The van der Waals surface area contributed by atoms with E-state index in [0.717, 1.165) is 34.4 Å². The molecule has 0 N–H and O–H groups in total. The van der Waals surface area contributed by atoms with E-state index in [1.54, 1.807) is 14.2 Å². The van der Waals surface area contributed by atoms with Crippen LogP contribution in [0.2, 0.25) is 18.1 Å². The third-order valence-corrected chi connectivity index (χ3v) is 12.9. The van der Waals surface area contributed by atoms with E-state index in [1.165, 1.54) is 0 Å². The molecule has 0 aliphatic carbocycles. The molecule has 0 bridgehead atoms. The predicted molar refractivity (Wildman–Crippen MR) is 172 cm³/mol. The van der Waals surface area contributed by atoms with E-state index in [0.29, 0.717) is 0 Å². The first-order valence-electron chi connectivity index (χ1n) is 14.3. The summed E-state index contributed by atoms with van der Waals surface area (Å²) in [4.78, 5) is 0. The Kier molecular flexibility index (Phi) is 12.0. The maximum atomic E-state index is 11.5. The Morgan fingerprint density at radius 2 is 1.21 bits per heavy atom. The van der Waals surface area contributed by atoms with E-state index in [4.69, 9.17) is 27.6 Å². The second-order valence-electron chi connectivity index (χ2n) is 11.9. The van der Waals surface area contributed by atoms with Crippen LogP contribution in [0.15, 0.2) is 78.9 Å². The lowest BCUT2D eigenvalue weighted by Crippen LogP contribution is -2.44. The van der Waals surface area contributed by atoms with Gasteiger partial charge in [-0.1, -0.05) is 75.4 Å². The molecule has 8 nitrogen and oxygen atoms in total. The summed E-state index contributed by atoms with van der Waals surface area (Å²) in [5.74, 6) is 1.46. The molecule has 0 saturated carbocycles. The molecule has 0 saturated heterocycles. The molecule has 236 valence electrons. The lowest BCUT2D eigenvalue weighted by molar-refractivity contribution is -0.0825. The van der Waals surface area contributed by atoms with E-state index in [9.17, 15) is 8.42 Å². The summed E-state index contributed by atoms with van der Waals surface area (Å²) in [7, 11) is -2.44. The summed E-state index contributed by atoms with van der Waals surface area (Å²) in [6, 6.07) is 25.7. The van der Waals surface area contributed by atoms with Crippen molar-refractivity contribution in [3.05, 3.63) is 95.6 Å². The van der Waals surface area contributed by atoms with E-state index in [2.05, 4.69) is 33.9 Å². The average Bonchev–Trinajstić information content (AvgIpc) is 2.98. The highest BCUT2D eigenvalue weighted by Gasteiger charge is 2.40. The fourth-order valence-electron chi connectivity index (χ4n) is 4.35. The molecule has 0 aliphatic rings. The van der Waals surface area contributed by atoms with Gasteiger partial charge in [0.1, 0.15) is 23.2 Å². The Morgan fingerprint density at radius 3 is 1.65 bits per heavy atom. The van der Waals surface area contributed by atoms with E-state index in [1.807, 2.05) is 78.9 Å². The molecule has 0 fully saturated rings. The lowest BCUT2D eigenvalue weighted by Gasteiger charge is -2.39. The van der Waals surface area contributed by atoms with Crippen LogP contribution in [0.5, 0.6) is 11.5 Å². The largest absolute Gasteiger partial charge is 0.497 e. The fourth-order valence-corrected chi connectivity index (χ4v) is 5.76. The van der Waals surface area contributed by atoms with Crippen LogP contribution in [0.25, 0.3) is 0 Å². The van der Waals surface area contributed by atoms with E-state index >= 15 is 0 Å². The first-order chi connectivity index (χ1) is 20.2. The second-order valence-corrected chi connectivity index (χ2v) is 18.4. The molecule has 0 amide bonds. The SMILES string of the molecule is COc1ccc(C(OC[C@@H](CO[Si](C)(C)C(C)(C)C)OCCOS(C)(=O)=O)(c2ccccc2)c2ccc(OC)cc2)cc1. The molecule has 0 radical (unpaired) electrons. The number of ether oxygens (including phenoxy) is 4. The molecule has 1 atom stereocenters. The molecule has 0 spiro atoms. The predicted octanol–water partition coefficient (Wildman–Crippen LogP) is 6.40. The molecular weight excluding hydrogens is 585 g/mol. The van der Waals surface area contributed by atoms with Crippen molar-refractivity contribution in [3.8, 4) is 11.5 Å². The van der Waals surface area contributed by atoms with Crippen molar-refractivity contribution in [1.29, 1.82) is 0 Å². The Hall–Kier alpha value is -2.73. The number of rotatable bonds is 16. The van der Waals surface area contributed by atoms with Gasteiger partial charge in [0.05, 0.1) is 46.9 Å². The Morgan fingerprint density at radius 1 is 0.721 bits per heavy atom. The van der Waals surface area contributed by atoms with Crippen molar-refractivity contribution in [1.82, 2.24) is 0 Å². The monoisotopic (exact) mass is 630 g/mol. The summed E-state index contributed by atoms with van der Waals surface area (Å²) in [5.41, 5.74) is 1.69. The zero-order valence-electron chi connectivity index (χ0n) is 26.6. The highest BCUT2D eigenvalue weighted by Crippen LogP contribution is 2.42. The standard InChI is InChI=1S/C33H46O8SSi/c1-32(2,3)43(7,8)41-25-31(38-22-23-40-42(6,34)35)24-39-33(26-12-10-9-11-13-26,27-14-18-29(36-4)19-15-27)28-16-20-30(37-5)21-17-28/h9-21,31H,22-25H2,1-8H3/t31-/m0/s1. The summed E-state index contributed by atoms with van der Waals surface area (Å²) >= 11 is 0. The topological polar surface area (TPSA) is 89.5 Å². The molecule has 0 aromatic heterocycles. The Bertz CT molecular complexity index is 1320. The minimum Gasteiger partial charge on any atom is -0.497 e. The molecule has 43 heavy (non-hydrogen) atoms. The van der Waals surface area contributed by atoms with Crippen molar-refractivity contribution < 1.29 is 36.0 Å². The van der Waals surface area contributed by atoms with Gasteiger partial charge in [0.25, 0.3) is 10.1 Å². The Labute approximate surface area is 258 Å². The van der Waals surface area contributed by atoms with Gasteiger partial charge in [0, 0.05) is 0 Å². The van der Waals surface area contributed by atoms with Crippen LogP contribution in [0.3, 0.4) is 0 Å². The number of hydrogen-bond acceptors (Lipinski definition) is 8. The molecule has 0 heterocycles. The van der Waals surface area contributed by atoms with Crippen molar-refractivity contribution in [3.63, 3.8) is 0 Å². The smallest absolute Gasteiger partial charge is 0.264 e. The van der Waals surface area contributed by atoms with Gasteiger partial charge in [-0.3, -0.25) is 4.18 Å². The van der Waals surface area contributed by atoms with Gasteiger partial charge in [-0.25, -0.2) is 0 Å². The molecule has 10 heteroatoms. The minimum absolute atomic E-state index is 0.00219.